The molecule has 1 unspecified atom stereocenters. The van der Waals surface area contributed by atoms with Crippen molar-refractivity contribution in [3.8, 4) is 5.75 Å². The average Bonchev–Trinajstić information content (AvgIpc) is 2.47. The molecule has 0 N–H and O–H groups in total. The van der Waals surface area contributed by atoms with Crippen molar-refractivity contribution in [3.63, 3.8) is 0 Å². The number of carbonyl (C=O) groups is 1. The number of halogens is 2. The van der Waals surface area contributed by atoms with Crippen LogP contribution in [0.4, 0.5) is 8.78 Å². The third kappa shape index (κ3) is 4.39. The van der Waals surface area contributed by atoms with Crippen LogP contribution >= 0.6 is 0 Å². The molecule has 1 aromatic carbocycles. The monoisotopic (exact) mass is 299 g/mol. The summed E-state index contributed by atoms with van der Waals surface area (Å²) in [5.41, 5.74) is 0.481. The number of amides is 1. The Morgan fingerprint density at radius 1 is 1.38 bits per heavy atom. The SMILES string of the molecule is COCC1CCCN(C(=O)c2ccc(OC(F)F)cc2)C1. The highest BCUT2D eigenvalue weighted by Crippen LogP contribution is 2.20. The molecular formula is C15H19F2NO3. The zero-order chi connectivity index (χ0) is 15.2. The van der Waals surface area contributed by atoms with Gasteiger partial charge in [-0.15, -0.1) is 0 Å². The summed E-state index contributed by atoms with van der Waals surface area (Å²) in [6.45, 7) is -0.829. The second-order valence-electron chi connectivity index (χ2n) is 5.12. The van der Waals surface area contributed by atoms with Crippen LogP contribution in [-0.2, 0) is 4.74 Å². The lowest BCUT2D eigenvalue weighted by molar-refractivity contribution is -0.0498. The number of methoxy groups -OCH3 is 1. The fourth-order valence-corrected chi connectivity index (χ4v) is 2.58. The minimum absolute atomic E-state index is 0.0532. The highest BCUT2D eigenvalue weighted by atomic mass is 19.3. The molecule has 21 heavy (non-hydrogen) atoms. The zero-order valence-corrected chi connectivity index (χ0v) is 11.9. The van der Waals surface area contributed by atoms with Gasteiger partial charge < -0.3 is 14.4 Å². The highest BCUT2D eigenvalue weighted by molar-refractivity contribution is 5.94. The van der Waals surface area contributed by atoms with Crippen molar-refractivity contribution in [3.05, 3.63) is 29.8 Å². The van der Waals surface area contributed by atoms with E-state index >= 15 is 0 Å². The van der Waals surface area contributed by atoms with E-state index in [-0.39, 0.29) is 11.7 Å². The van der Waals surface area contributed by atoms with Crippen LogP contribution in [0.2, 0.25) is 0 Å². The first-order chi connectivity index (χ1) is 10.1. The van der Waals surface area contributed by atoms with Gasteiger partial charge in [0.1, 0.15) is 5.75 Å². The van der Waals surface area contributed by atoms with Gasteiger partial charge in [-0.2, -0.15) is 8.78 Å². The summed E-state index contributed by atoms with van der Waals surface area (Å²) < 4.78 is 33.6. The average molecular weight is 299 g/mol. The summed E-state index contributed by atoms with van der Waals surface area (Å²) in [5, 5.41) is 0. The normalized spacial score (nSPS) is 18.9. The van der Waals surface area contributed by atoms with Gasteiger partial charge in [0.05, 0.1) is 6.61 Å². The predicted molar refractivity (Wildman–Crippen MR) is 73.6 cm³/mol. The lowest BCUT2D eigenvalue weighted by Crippen LogP contribution is -2.41. The molecule has 1 heterocycles. The molecule has 0 saturated carbocycles. The maximum absolute atomic E-state index is 12.4. The summed E-state index contributed by atoms with van der Waals surface area (Å²) in [5.74, 6) is 0.325. The van der Waals surface area contributed by atoms with E-state index in [9.17, 15) is 13.6 Å². The summed E-state index contributed by atoms with van der Waals surface area (Å²) in [4.78, 5) is 14.2. The van der Waals surface area contributed by atoms with Gasteiger partial charge in [-0.1, -0.05) is 0 Å². The summed E-state index contributed by atoms with van der Waals surface area (Å²) in [6.07, 6.45) is 2.01. The van der Waals surface area contributed by atoms with Crippen LogP contribution in [0, 0.1) is 5.92 Å². The van der Waals surface area contributed by atoms with E-state index in [4.69, 9.17) is 4.74 Å². The van der Waals surface area contributed by atoms with Crippen molar-refractivity contribution >= 4 is 5.91 Å². The lowest BCUT2D eigenvalue weighted by atomic mass is 9.98. The number of alkyl halides is 2. The van der Waals surface area contributed by atoms with Crippen molar-refractivity contribution in [1.29, 1.82) is 0 Å². The maximum atomic E-state index is 12.4. The molecule has 1 fully saturated rings. The molecule has 0 radical (unpaired) electrons. The van der Waals surface area contributed by atoms with E-state index in [0.717, 1.165) is 12.8 Å². The first kappa shape index (κ1) is 15.7. The molecule has 4 nitrogen and oxygen atoms in total. The topological polar surface area (TPSA) is 38.8 Å². The number of ether oxygens (including phenoxy) is 2. The number of likely N-dealkylation sites (tertiary alicyclic amines) is 1. The number of carbonyl (C=O) groups excluding carboxylic acids is 1. The smallest absolute Gasteiger partial charge is 0.387 e. The van der Waals surface area contributed by atoms with Crippen LogP contribution in [0.25, 0.3) is 0 Å². The minimum atomic E-state index is -2.86. The fraction of sp³-hybridized carbons (Fsp3) is 0.533. The second kappa shape index (κ2) is 7.36. The van der Waals surface area contributed by atoms with Crippen molar-refractivity contribution in [2.24, 2.45) is 5.92 Å². The van der Waals surface area contributed by atoms with Crippen LogP contribution in [-0.4, -0.2) is 44.2 Å². The Hall–Kier alpha value is -1.69. The molecule has 1 amide bonds. The molecule has 6 heteroatoms. The van der Waals surface area contributed by atoms with Crippen molar-refractivity contribution < 1.29 is 23.0 Å². The molecule has 1 saturated heterocycles. The van der Waals surface area contributed by atoms with Crippen LogP contribution < -0.4 is 4.74 Å². The molecule has 116 valence electrons. The van der Waals surface area contributed by atoms with Crippen LogP contribution in [0.3, 0.4) is 0 Å². The summed E-state index contributed by atoms with van der Waals surface area (Å²) in [7, 11) is 1.66. The second-order valence-corrected chi connectivity index (χ2v) is 5.12. The van der Waals surface area contributed by atoms with E-state index in [0.29, 0.717) is 31.2 Å². The van der Waals surface area contributed by atoms with E-state index < -0.39 is 6.61 Å². The standard InChI is InChI=1S/C15H19F2NO3/c1-20-10-11-3-2-8-18(9-11)14(19)12-4-6-13(7-5-12)21-15(16)17/h4-7,11,15H,2-3,8-10H2,1H3. The van der Waals surface area contributed by atoms with E-state index in [2.05, 4.69) is 4.74 Å². The molecule has 2 rings (SSSR count). The van der Waals surface area contributed by atoms with Gasteiger partial charge in [0, 0.05) is 25.8 Å². The highest BCUT2D eigenvalue weighted by Gasteiger charge is 2.24. The Kier molecular flexibility index (Phi) is 5.50. The molecule has 0 aromatic heterocycles. The van der Waals surface area contributed by atoms with Crippen molar-refractivity contribution in [2.45, 2.75) is 19.5 Å². The van der Waals surface area contributed by atoms with Crippen LogP contribution in [0.1, 0.15) is 23.2 Å². The summed E-state index contributed by atoms with van der Waals surface area (Å²) in [6, 6.07) is 5.80. The number of hydrogen-bond acceptors (Lipinski definition) is 3. The largest absolute Gasteiger partial charge is 0.435 e. The van der Waals surface area contributed by atoms with Crippen LogP contribution in [0.5, 0.6) is 5.75 Å². The fourth-order valence-electron chi connectivity index (χ4n) is 2.58. The van der Waals surface area contributed by atoms with Gasteiger partial charge >= 0.3 is 6.61 Å². The van der Waals surface area contributed by atoms with Gasteiger partial charge in [0.15, 0.2) is 0 Å². The van der Waals surface area contributed by atoms with Crippen molar-refractivity contribution in [1.82, 2.24) is 4.90 Å². The first-order valence-corrected chi connectivity index (χ1v) is 6.93. The molecule has 1 atom stereocenters. The number of benzene rings is 1. The van der Waals surface area contributed by atoms with Gasteiger partial charge in [0.2, 0.25) is 0 Å². The zero-order valence-electron chi connectivity index (χ0n) is 11.9. The van der Waals surface area contributed by atoms with Crippen LogP contribution in [0.15, 0.2) is 24.3 Å². The molecule has 1 aliphatic heterocycles. The molecule has 0 bridgehead atoms. The molecular weight excluding hydrogens is 280 g/mol. The number of hydrogen-bond donors (Lipinski definition) is 0. The molecule has 1 aromatic rings. The van der Waals surface area contributed by atoms with Gasteiger partial charge in [0.25, 0.3) is 5.91 Å². The van der Waals surface area contributed by atoms with Gasteiger partial charge in [-0.3, -0.25) is 4.79 Å². The summed E-state index contributed by atoms with van der Waals surface area (Å²) >= 11 is 0. The Bertz CT molecular complexity index is 462. The quantitative estimate of drug-likeness (QED) is 0.839. The lowest BCUT2D eigenvalue weighted by Gasteiger charge is -2.32. The molecule has 0 spiro atoms. The maximum Gasteiger partial charge on any atom is 0.387 e. The Morgan fingerprint density at radius 3 is 2.71 bits per heavy atom. The van der Waals surface area contributed by atoms with E-state index in [1.807, 2.05) is 0 Å². The predicted octanol–water partition coefficient (Wildman–Crippen LogP) is 2.79. The van der Waals surface area contributed by atoms with Gasteiger partial charge in [-0.05, 0) is 43.0 Å². The first-order valence-electron chi connectivity index (χ1n) is 6.93. The third-order valence-corrected chi connectivity index (χ3v) is 3.54. The number of rotatable bonds is 5. The minimum Gasteiger partial charge on any atom is -0.435 e. The van der Waals surface area contributed by atoms with E-state index in [1.165, 1.54) is 24.3 Å². The number of piperidine rings is 1. The molecule has 1 aliphatic rings. The Morgan fingerprint density at radius 2 is 2.10 bits per heavy atom. The van der Waals surface area contributed by atoms with Gasteiger partial charge in [-0.25, -0.2) is 0 Å². The number of nitrogens with zero attached hydrogens (tertiary/aromatic N) is 1. The Balaban J connectivity index is 1.98. The third-order valence-electron chi connectivity index (χ3n) is 3.54. The molecule has 0 aliphatic carbocycles. The van der Waals surface area contributed by atoms with E-state index in [1.54, 1.807) is 12.0 Å². The van der Waals surface area contributed by atoms with Crippen molar-refractivity contribution in [2.75, 3.05) is 26.8 Å². The Labute approximate surface area is 122 Å².